The van der Waals surface area contributed by atoms with Crippen LogP contribution in [0.1, 0.15) is 54.7 Å². The van der Waals surface area contributed by atoms with E-state index in [1.54, 1.807) is 6.20 Å². The standard InChI is InChI=1S/C14H19N3O/c1-9-8-11-12(4-3-5-13(11)18)17(9)10(2)14-15-6-7-16-14/h6-8,10,13,18H,3-5H2,1-2H3,(H,15,16). The van der Waals surface area contributed by atoms with E-state index in [1.165, 1.54) is 11.4 Å². The van der Waals surface area contributed by atoms with Crippen LogP contribution in [0.25, 0.3) is 0 Å². The van der Waals surface area contributed by atoms with E-state index in [0.717, 1.165) is 30.7 Å². The maximum Gasteiger partial charge on any atom is 0.128 e. The molecule has 2 unspecified atom stereocenters. The molecule has 0 radical (unpaired) electrons. The van der Waals surface area contributed by atoms with Gasteiger partial charge in [-0.2, -0.15) is 0 Å². The van der Waals surface area contributed by atoms with Crippen molar-refractivity contribution in [1.82, 2.24) is 14.5 Å². The molecule has 96 valence electrons. The highest BCUT2D eigenvalue weighted by atomic mass is 16.3. The molecule has 2 aromatic heterocycles. The van der Waals surface area contributed by atoms with Gasteiger partial charge in [0.1, 0.15) is 5.82 Å². The summed E-state index contributed by atoms with van der Waals surface area (Å²) in [4.78, 5) is 7.52. The monoisotopic (exact) mass is 245 g/mol. The van der Waals surface area contributed by atoms with Crippen molar-refractivity contribution in [1.29, 1.82) is 0 Å². The van der Waals surface area contributed by atoms with Crippen LogP contribution in [-0.2, 0) is 6.42 Å². The molecule has 2 aromatic rings. The van der Waals surface area contributed by atoms with Gasteiger partial charge in [-0.25, -0.2) is 4.98 Å². The number of aromatic nitrogens is 3. The minimum absolute atomic E-state index is 0.189. The number of aliphatic hydroxyl groups is 1. The van der Waals surface area contributed by atoms with Gasteiger partial charge in [-0.15, -0.1) is 0 Å². The topological polar surface area (TPSA) is 53.8 Å². The molecule has 0 bridgehead atoms. The zero-order valence-corrected chi connectivity index (χ0v) is 10.8. The largest absolute Gasteiger partial charge is 0.388 e. The molecule has 0 saturated carbocycles. The Morgan fingerprint density at radius 1 is 1.56 bits per heavy atom. The van der Waals surface area contributed by atoms with E-state index in [2.05, 4.69) is 34.4 Å². The molecular formula is C14H19N3O. The fourth-order valence-corrected chi connectivity index (χ4v) is 3.07. The second kappa shape index (κ2) is 4.28. The van der Waals surface area contributed by atoms with Crippen molar-refractivity contribution >= 4 is 0 Å². The quantitative estimate of drug-likeness (QED) is 0.854. The van der Waals surface area contributed by atoms with Crippen molar-refractivity contribution in [3.8, 4) is 0 Å². The molecule has 4 nitrogen and oxygen atoms in total. The third-order valence-corrected chi connectivity index (χ3v) is 3.92. The summed E-state index contributed by atoms with van der Waals surface area (Å²) in [6.07, 6.45) is 6.33. The van der Waals surface area contributed by atoms with Gasteiger partial charge in [0.2, 0.25) is 0 Å². The maximum atomic E-state index is 10.1. The number of hydrogen-bond acceptors (Lipinski definition) is 2. The first kappa shape index (κ1) is 11.5. The van der Waals surface area contributed by atoms with Gasteiger partial charge in [0.25, 0.3) is 0 Å². The molecule has 0 saturated heterocycles. The van der Waals surface area contributed by atoms with Crippen LogP contribution in [-0.4, -0.2) is 19.6 Å². The van der Waals surface area contributed by atoms with E-state index in [0.29, 0.717) is 0 Å². The molecule has 18 heavy (non-hydrogen) atoms. The highest BCUT2D eigenvalue weighted by Gasteiger charge is 2.25. The number of hydrogen-bond donors (Lipinski definition) is 2. The number of rotatable bonds is 2. The minimum Gasteiger partial charge on any atom is -0.388 e. The average molecular weight is 245 g/mol. The van der Waals surface area contributed by atoms with Gasteiger partial charge in [0.15, 0.2) is 0 Å². The normalized spacial score (nSPS) is 20.7. The van der Waals surface area contributed by atoms with Crippen LogP contribution < -0.4 is 0 Å². The Labute approximate surface area is 107 Å². The van der Waals surface area contributed by atoms with E-state index < -0.39 is 0 Å². The van der Waals surface area contributed by atoms with E-state index in [4.69, 9.17) is 0 Å². The predicted molar refractivity (Wildman–Crippen MR) is 69.5 cm³/mol. The predicted octanol–water partition coefficient (Wildman–Crippen LogP) is 2.50. The van der Waals surface area contributed by atoms with Crippen molar-refractivity contribution in [3.63, 3.8) is 0 Å². The SMILES string of the molecule is Cc1cc2c(n1C(C)c1ncc[nH]1)CCCC2O. The Morgan fingerprint density at radius 3 is 3.11 bits per heavy atom. The van der Waals surface area contributed by atoms with Gasteiger partial charge in [-0.3, -0.25) is 0 Å². The lowest BCUT2D eigenvalue weighted by Crippen LogP contribution is -2.17. The molecule has 3 rings (SSSR count). The van der Waals surface area contributed by atoms with Crippen molar-refractivity contribution in [2.45, 2.75) is 45.3 Å². The van der Waals surface area contributed by atoms with Crippen LogP contribution in [0.4, 0.5) is 0 Å². The Balaban J connectivity index is 2.07. The molecule has 4 heteroatoms. The summed E-state index contributed by atoms with van der Waals surface area (Å²) >= 11 is 0. The highest BCUT2D eigenvalue weighted by molar-refractivity contribution is 5.33. The molecule has 2 atom stereocenters. The average Bonchev–Trinajstić information content (AvgIpc) is 2.96. The number of fused-ring (bicyclic) bond motifs is 1. The molecular weight excluding hydrogens is 226 g/mol. The zero-order chi connectivity index (χ0) is 12.7. The van der Waals surface area contributed by atoms with Crippen LogP contribution in [0.5, 0.6) is 0 Å². The molecule has 2 N–H and O–H groups in total. The summed E-state index contributed by atoms with van der Waals surface area (Å²) in [5.41, 5.74) is 3.58. The number of aryl methyl sites for hydroxylation is 1. The number of nitrogens with zero attached hydrogens (tertiary/aromatic N) is 2. The van der Waals surface area contributed by atoms with Crippen molar-refractivity contribution in [2.24, 2.45) is 0 Å². The molecule has 1 aliphatic rings. The van der Waals surface area contributed by atoms with Crippen LogP contribution in [0.2, 0.25) is 0 Å². The lowest BCUT2D eigenvalue weighted by Gasteiger charge is -2.23. The lowest BCUT2D eigenvalue weighted by atomic mass is 9.95. The van der Waals surface area contributed by atoms with Gasteiger partial charge in [-0.05, 0) is 39.2 Å². The number of imidazole rings is 1. The lowest BCUT2D eigenvalue weighted by molar-refractivity contribution is 0.155. The summed E-state index contributed by atoms with van der Waals surface area (Å²) in [6.45, 7) is 4.25. The van der Waals surface area contributed by atoms with E-state index in [-0.39, 0.29) is 12.1 Å². The van der Waals surface area contributed by atoms with Crippen molar-refractivity contribution in [3.05, 3.63) is 41.2 Å². The number of H-pyrrole nitrogens is 1. The first-order valence-electron chi connectivity index (χ1n) is 6.56. The molecule has 0 aliphatic heterocycles. The first-order valence-corrected chi connectivity index (χ1v) is 6.56. The van der Waals surface area contributed by atoms with Gasteiger partial charge in [0, 0.05) is 29.3 Å². The van der Waals surface area contributed by atoms with Gasteiger partial charge < -0.3 is 14.7 Å². The molecule has 1 aliphatic carbocycles. The van der Waals surface area contributed by atoms with Gasteiger partial charge >= 0.3 is 0 Å². The summed E-state index contributed by atoms with van der Waals surface area (Å²) in [5.74, 6) is 0.969. The number of nitrogens with one attached hydrogen (secondary N) is 1. The van der Waals surface area contributed by atoms with Crippen molar-refractivity contribution < 1.29 is 5.11 Å². The fraction of sp³-hybridized carbons (Fsp3) is 0.500. The summed E-state index contributed by atoms with van der Waals surface area (Å²) in [5, 5.41) is 10.1. The Morgan fingerprint density at radius 2 is 2.39 bits per heavy atom. The first-order chi connectivity index (χ1) is 8.68. The van der Waals surface area contributed by atoms with Gasteiger partial charge in [0.05, 0.1) is 12.1 Å². The molecule has 0 spiro atoms. The maximum absolute atomic E-state index is 10.1. The molecule has 0 aromatic carbocycles. The molecule has 0 amide bonds. The third kappa shape index (κ3) is 1.68. The summed E-state index contributed by atoms with van der Waals surface area (Å²) in [7, 11) is 0. The second-order valence-corrected chi connectivity index (χ2v) is 5.12. The molecule has 0 fully saturated rings. The molecule has 2 heterocycles. The van der Waals surface area contributed by atoms with E-state index in [9.17, 15) is 5.11 Å². The van der Waals surface area contributed by atoms with Gasteiger partial charge in [-0.1, -0.05) is 0 Å². The van der Waals surface area contributed by atoms with E-state index >= 15 is 0 Å². The fourth-order valence-electron chi connectivity index (χ4n) is 3.07. The second-order valence-electron chi connectivity index (χ2n) is 5.12. The van der Waals surface area contributed by atoms with Crippen LogP contribution >= 0.6 is 0 Å². The summed E-state index contributed by atoms with van der Waals surface area (Å²) < 4.78 is 2.30. The Bertz CT molecular complexity index is 542. The summed E-state index contributed by atoms with van der Waals surface area (Å²) in [6, 6.07) is 2.31. The Hall–Kier alpha value is -1.55. The highest BCUT2D eigenvalue weighted by Crippen LogP contribution is 2.34. The minimum atomic E-state index is -0.294. The number of aromatic amines is 1. The number of aliphatic hydroxyl groups excluding tert-OH is 1. The smallest absolute Gasteiger partial charge is 0.128 e. The van der Waals surface area contributed by atoms with Crippen molar-refractivity contribution in [2.75, 3.05) is 0 Å². The third-order valence-electron chi connectivity index (χ3n) is 3.92. The van der Waals surface area contributed by atoms with Crippen LogP contribution in [0.3, 0.4) is 0 Å². The van der Waals surface area contributed by atoms with Crippen LogP contribution in [0.15, 0.2) is 18.5 Å². The van der Waals surface area contributed by atoms with E-state index in [1.807, 2.05) is 6.20 Å². The zero-order valence-electron chi connectivity index (χ0n) is 10.8. The Kier molecular flexibility index (Phi) is 2.74. The van der Waals surface area contributed by atoms with Crippen LogP contribution in [0, 0.1) is 6.92 Å².